The van der Waals surface area contributed by atoms with E-state index in [1.165, 1.54) is 17.3 Å². The summed E-state index contributed by atoms with van der Waals surface area (Å²) in [4.78, 5) is 17.6. The highest BCUT2D eigenvalue weighted by atomic mass is 32.2. The molecule has 0 spiro atoms. The fourth-order valence-electron chi connectivity index (χ4n) is 3.27. The van der Waals surface area contributed by atoms with Gasteiger partial charge in [-0.25, -0.2) is 4.99 Å². The number of para-hydroxylation sites is 1. The van der Waals surface area contributed by atoms with Gasteiger partial charge in [-0.2, -0.15) is 0 Å². The van der Waals surface area contributed by atoms with Crippen molar-refractivity contribution in [1.29, 1.82) is 0 Å². The highest BCUT2D eigenvalue weighted by molar-refractivity contribution is 8.18. The Hall–Kier alpha value is -3.05. The van der Waals surface area contributed by atoms with Gasteiger partial charge in [0, 0.05) is 17.1 Å². The van der Waals surface area contributed by atoms with Crippen LogP contribution in [0.5, 0.6) is 0 Å². The van der Waals surface area contributed by atoms with Gasteiger partial charge in [-0.3, -0.25) is 4.79 Å². The Morgan fingerprint density at radius 3 is 2.43 bits per heavy atom. The molecule has 2 heterocycles. The van der Waals surface area contributed by atoms with Crippen LogP contribution in [0, 0.1) is 20.8 Å². The fourth-order valence-corrected chi connectivity index (χ4v) is 4.10. The van der Waals surface area contributed by atoms with Crippen LogP contribution >= 0.6 is 11.8 Å². The monoisotopic (exact) mass is 387 g/mol. The van der Waals surface area contributed by atoms with E-state index < -0.39 is 0 Å². The average molecular weight is 388 g/mol. The van der Waals surface area contributed by atoms with Crippen molar-refractivity contribution in [2.75, 3.05) is 0 Å². The molecule has 2 aromatic carbocycles. The van der Waals surface area contributed by atoms with E-state index in [2.05, 4.69) is 66.0 Å². The molecule has 1 aliphatic heterocycles. The van der Waals surface area contributed by atoms with Crippen LogP contribution in [0.2, 0.25) is 0 Å². The van der Waals surface area contributed by atoms with Crippen molar-refractivity contribution in [2.45, 2.75) is 20.8 Å². The third-order valence-corrected chi connectivity index (χ3v) is 5.60. The molecule has 0 saturated carbocycles. The molecule has 4 rings (SSSR count). The van der Waals surface area contributed by atoms with Crippen LogP contribution in [0.1, 0.15) is 22.5 Å². The number of benzene rings is 2. The molecule has 1 saturated heterocycles. The van der Waals surface area contributed by atoms with Gasteiger partial charge in [-0.05, 0) is 74.5 Å². The molecule has 4 nitrogen and oxygen atoms in total. The summed E-state index contributed by atoms with van der Waals surface area (Å²) in [6, 6.07) is 20.2. The van der Waals surface area contributed by atoms with Crippen LogP contribution in [0.4, 0.5) is 5.69 Å². The summed E-state index contributed by atoms with van der Waals surface area (Å²) in [6.07, 6.45) is 1.94. The SMILES string of the molecule is Cc1ccc(-n2c(C)cc(/C=C3/SC(=Nc4ccccc4)NC3=O)c2C)cc1. The van der Waals surface area contributed by atoms with Crippen molar-refractivity contribution in [1.82, 2.24) is 9.88 Å². The first-order valence-corrected chi connectivity index (χ1v) is 9.93. The smallest absolute Gasteiger partial charge is 0.264 e. The van der Waals surface area contributed by atoms with E-state index >= 15 is 0 Å². The van der Waals surface area contributed by atoms with E-state index in [4.69, 9.17) is 0 Å². The minimum absolute atomic E-state index is 0.111. The highest BCUT2D eigenvalue weighted by Crippen LogP contribution is 2.30. The second-order valence-electron chi connectivity index (χ2n) is 6.81. The van der Waals surface area contributed by atoms with Crippen LogP contribution < -0.4 is 5.32 Å². The normalized spacial score (nSPS) is 16.8. The molecule has 0 aliphatic carbocycles. The van der Waals surface area contributed by atoms with Crippen LogP contribution in [0.25, 0.3) is 11.8 Å². The topological polar surface area (TPSA) is 46.4 Å². The Bertz CT molecular complexity index is 1090. The van der Waals surface area contributed by atoms with Crippen LogP contribution in [-0.4, -0.2) is 15.6 Å². The lowest BCUT2D eigenvalue weighted by Gasteiger charge is -2.10. The standard InChI is InChI=1S/C23H21N3OS/c1-15-9-11-20(12-10-15)26-16(2)13-18(17(26)3)14-21-22(27)25-23(28-21)24-19-7-5-4-6-8-19/h4-14H,1-3H3,(H,24,25,27)/b21-14+. The van der Waals surface area contributed by atoms with Crippen molar-refractivity contribution in [3.63, 3.8) is 0 Å². The maximum Gasteiger partial charge on any atom is 0.264 e. The molecule has 0 bridgehead atoms. The van der Waals surface area contributed by atoms with E-state index in [1.807, 2.05) is 36.4 Å². The van der Waals surface area contributed by atoms with Gasteiger partial charge in [0.2, 0.25) is 0 Å². The lowest BCUT2D eigenvalue weighted by Crippen LogP contribution is -2.19. The zero-order valence-electron chi connectivity index (χ0n) is 16.1. The Morgan fingerprint density at radius 1 is 1.00 bits per heavy atom. The predicted molar refractivity (Wildman–Crippen MR) is 117 cm³/mol. The summed E-state index contributed by atoms with van der Waals surface area (Å²) in [5.74, 6) is -0.111. The number of carbonyl (C=O) groups is 1. The van der Waals surface area contributed by atoms with Crippen molar-refractivity contribution in [3.05, 3.63) is 88.1 Å². The molecule has 0 atom stereocenters. The predicted octanol–water partition coefficient (Wildman–Crippen LogP) is 5.29. The molecule has 0 unspecified atom stereocenters. The fraction of sp³-hybridized carbons (Fsp3) is 0.130. The maximum atomic E-state index is 12.4. The largest absolute Gasteiger partial charge is 0.318 e. The third kappa shape index (κ3) is 3.66. The van der Waals surface area contributed by atoms with Gasteiger partial charge in [-0.15, -0.1) is 0 Å². The van der Waals surface area contributed by atoms with Crippen molar-refractivity contribution in [3.8, 4) is 5.69 Å². The van der Waals surface area contributed by atoms with Crippen molar-refractivity contribution < 1.29 is 4.79 Å². The second kappa shape index (κ2) is 7.52. The van der Waals surface area contributed by atoms with Crippen molar-refractivity contribution >= 4 is 34.6 Å². The van der Waals surface area contributed by atoms with E-state index in [0.717, 1.165) is 28.3 Å². The Labute approximate surface area is 169 Å². The Balaban J connectivity index is 1.64. The summed E-state index contributed by atoms with van der Waals surface area (Å²) < 4.78 is 2.21. The van der Waals surface area contributed by atoms with E-state index in [-0.39, 0.29) is 5.91 Å². The molecular weight excluding hydrogens is 366 g/mol. The van der Waals surface area contributed by atoms with Gasteiger partial charge in [0.05, 0.1) is 10.6 Å². The summed E-state index contributed by atoms with van der Waals surface area (Å²) in [5.41, 5.74) is 6.46. The van der Waals surface area contributed by atoms with Gasteiger partial charge in [-0.1, -0.05) is 35.9 Å². The molecule has 1 aliphatic rings. The number of aromatic nitrogens is 1. The minimum atomic E-state index is -0.111. The van der Waals surface area contributed by atoms with E-state index in [1.54, 1.807) is 0 Å². The lowest BCUT2D eigenvalue weighted by atomic mass is 10.2. The zero-order valence-corrected chi connectivity index (χ0v) is 16.9. The molecule has 1 N–H and O–H groups in total. The van der Waals surface area contributed by atoms with E-state index in [9.17, 15) is 4.79 Å². The first-order chi connectivity index (χ1) is 13.5. The Morgan fingerprint density at radius 2 is 1.71 bits per heavy atom. The molecule has 3 aromatic rings. The third-order valence-electron chi connectivity index (χ3n) is 4.69. The molecular formula is C23H21N3OS. The van der Waals surface area contributed by atoms with Gasteiger partial charge < -0.3 is 9.88 Å². The quantitative estimate of drug-likeness (QED) is 0.620. The number of thioether (sulfide) groups is 1. The Kier molecular flexibility index (Phi) is 4.92. The number of rotatable bonds is 3. The number of amidine groups is 1. The van der Waals surface area contributed by atoms with Gasteiger partial charge >= 0.3 is 0 Å². The molecule has 140 valence electrons. The lowest BCUT2D eigenvalue weighted by molar-refractivity contribution is -0.115. The van der Waals surface area contributed by atoms with Crippen molar-refractivity contribution in [2.24, 2.45) is 4.99 Å². The number of carbonyl (C=O) groups excluding carboxylic acids is 1. The highest BCUT2D eigenvalue weighted by Gasteiger charge is 2.24. The number of hydrogen-bond donors (Lipinski definition) is 1. The van der Waals surface area contributed by atoms with Crippen LogP contribution in [-0.2, 0) is 4.79 Å². The number of aryl methyl sites for hydroxylation is 2. The molecule has 5 heteroatoms. The number of amides is 1. The molecule has 1 amide bonds. The molecule has 28 heavy (non-hydrogen) atoms. The molecule has 1 fully saturated rings. The van der Waals surface area contributed by atoms with Crippen LogP contribution in [0.15, 0.2) is 70.6 Å². The number of nitrogens with zero attached hydrogens (tertiary/aromatic N) is 2. The summed E-state index contributed by atoms with van der Waals surface area (Å²) in [7, 11) is 0. The van der Waals surface area contributed by atoms with Gasteiger partial charge in [0.15, 0.2) is 5.17 Å². The summed E-state index contributed by atoms with van der Waals surface area (Å²) >= 11 is 1.37. The zero-order chi connectivity index (χ0) is 19.7. The summed E-state index contributed by atoms with van der Waals surface area (Å²) in [6.45, 7) is 6.24. The first kappa shape index (κ1) is 18.3. The summed E-state index contributed by atoms with van der Waals surface area (Å²) in [5, 5.41) is 3.46. The van der Waals surface area contributed by atoms with Crippen LogP contribution in [0.3, 0.4) is 0 Å². The number of nitrogens with one attached hydrogen (secondary N) is 1. The second-order valence-corrected chi connectivity index (χ2v) is 7.85. The molecule has 0 radical (unpaired) electrons. The van der Waals surface area contributed by atoms with Gasteiger partial charge in [0.25, 0.3) is 5.91 Å². The molecule has 1 aromatic heterocycles. The number of aliphatic imine (C=N–C) groups is 1. The van der Waals surface area contributed by atoms with E-state index in [0.29, 0.717) is 10.1 Å². The first-order valence-electron chi connectivity index (χ1n) is 9.12. The average Bonchev–Trinajstić information content (AvgIpc) is 3.16. The maximum absolute atomic E-state index is 12.4. The minimum Gasteiger partial charge on any atom is -0.318 e. The number of hydrogen-bond acceptors (Lipinski definition) is 3. The van der Waals surface area contributed by atoms with Gasteiger partial charge in [0.1, 0.15) is 0 Å².